The molecule has 12 heavy (non-hydrogen) atoms. The van der Waals surface area contributed by atoms with Crippen molar-refractivity contribution in [2.45, 2.75) is 19.3 Å². The van der Waals surface area contributed by atoms with Crippen molar-refractivity contribution < 1.29 is 9.90 Å². The molecule has 66 valence electrons. The second-order valence-corrected chi connectivity index (χ2v) is 3.48. The van der Waals surface area contributed by atoms with Gasteiger partial charge in [-0.15, -0.1) is 0 Å². The van der Waals surface area contributed by atoms with E-state index in [1.807, 2.05) is 6.92 Å². The van der Waals surface area contributed by atoms with Crippen LogP contribution in [0.2, 0.25) is 0 Å². The molecule has 0 amide bonds. The normalized spacial score (nSPS) is 12.8. The predicted molar refractivity (Wildman–Crippen MR) is 47.0 cm³/mol. The number of aromatic nitrogens is 2. The molecule has 1 unspecified atom stereocenters. The van der Waals surface area contributed by atoms with Gasteiger partial charge in [0.2, 0.25) is 0 Å². The lowest BCUT2D eigenvalue weighted by atomic mass is 10.1. The number of rotatable bonds is 3. The number of nitrogens with zero attached hydrogens (tertiary/aromatic N) is 1. The number of aliphatic carboxylic acids is 1. The lowest BCUT2D eigenvalue weighted by Gasteiger charge is -2.05. The minimum atomic E-state index is -0.802. The molecule has 0 radical (unpaired) electrons. The van der Waals surface area contributed by atoms with E-state index in [-0.39, 0.29) is 12.3 Å². The fraction of sp³-hybridized carbons (Fsp3) is 0.429. The molecule has 0 fully saturated rings. The van der Waals surface area contributed by atoms with Crippen LogP contribution in [0.5, 0.6) is 0 Å². The van der Waals surface area contributed by atoms with Gasteiger partial charge in [-0.1, -0.05) is 6.92 Å². The Labute approximate surface area is 78.1 Å². The van der Waals surface area contributed by atoms with Crippen LogP contribution in [0, 0.1) is 0 Å². The highest BCUT2D eigenvalue weighted by Crippen LogP contribution is 2.24. The van der Waals surface area contributed by atoms with Gasteiger partial charge < -0.3 is 5.11 Å². The van der Waals surface area contributed by atoms with E-state index in [0.29, 0.717) is 0 Å². The van der Waals surface area contributed by atoms with Crippen LogP contribution in [-0.4, -0.2) is 21.3 Å². The van der Waals surface area contributed by atoms with Crippen molar-refractivity contribution in [2.75, 3.05) is 0 Å². The average molecular weight is 233 g/mol. The van der Waals surface area contributed by atoms with Crippen LogP contribution in [0.4, 0.5) is 0 Å². The molecule has 0 spiro atoms. The molecule has 1 rings (SSSR count). The van der Waals surface area contributed by atoms with E-state index in [1.165, 1.54) is 0 Å². The van der Waals surface area contributed by atoms with Crippen LogP contribution >= 0.6 is 15.9 Å². The lowest BCUT2D eigenvalue weighted by molar-refractivity contribution is -0.137. The second kappa shape index (κ2) is 3.71. The molecule has 0 saturated heterocycles. The van der Waals surface area contributed by atoms with Gasteiger partial charge >= 0.3 is 5.97 Å². The highest BCUT2D eigenvalue weighted by atomic mass is 79.9. The third-order valence-corrected chi connectivity index (χ3v) is 2.23. The van der Waals surface area contributed by atoms with Gasteiger partial charge in [0.15, 0.2) is 0 Å². The maximum Gasteiger partial charge on any atom is 0.304 e. The number of aromatic amines is 1. The summed E-state index contributed by atoms with van der Waals surface area (Å²) in [6, 6.07) is 0. The molecule has 0 aromatic carbocycles. The Hall–Kier alpha value is -0.840. The van der Waals surface area contributed by atoms with Crippen molar-refractivity contribution >= 4 is 21.9 Å². The van der Waals surface area contributed by atoms with Crippen LogP contribution in [-0.2, 0) is 4.79 Å². The summed E-state index contributed by atoms with van der Waals surface area (Å²) in [5.41, 5.74) is 0.831. The third-order valence-electron chi connectivity index (χ3n) is 1.59. The third kappa shape index (κ3) is 2.07. The van der Waals surface area contributed by atoms with Crippen LogP contribution < -0.4 is 0 Å². The van der Waals surface area contributed by atoms with Crippen LogP contribution in [0.15, 0.2) is 10.7 Å². The van der Waals surface area contributed by atoms with Gasteiger partial charge in [-0.05, 0) is 15.9 Å². The highest BCUT2D eigenvalue weighted by molar-refractivity contribution is 9.10. The molecular formula is C7H9BrN2O2. The van der Waals surface area contributed by atoms with Crippen molar-refractivity contribution in [1.82, 2.24) is 10.2 Å². The molecule has 1 atom stereocenters. The molecule has 0 aliphatic rings. The summed E-state index contributed by atoms with van der Waals surface area (Å²) >= 11 is 3.27. The molecular weight excluding hydrogens is 224 g/mol. The summed E-state index contributed by atoms with van der Waals surface area (Å²) < 4.78 is 0.830. The first-order valence-corrected chi connectivity index (χ1v) is 4.31. The van der Waals surface area contributed by atoms with E-state index < -0.39 is 5.97 Å². The molecule has 0 saturated carbocycles. The monoisotopic (exact) mass is 232 g/mol. The quantitative estimate of drug-likeness (QED) is 0.835. The molecule has 1 aromatic rings. The van der Waals surface area contributed by atoms with Gasteiger partial charge in [0.25, 0.3) is 0 Å². The van der Waals surface area contributed by atoms with Crippen LogP contribution in [0.3, 0.4) is 0 Å². The molecule has 2 N–H and O–H groups in total. The Morgan fingerprint density at radius 3 is 3.00 bits per heavy atom. The average Bonchev–Trinajstić information content (AvgIpc) is 2.33. The van der Waals surface area contributed by atoms with Crippen molar-refractivity contribution in [3.8, 4) is 0 Å². The molecule has 1 aromatic heterocycles. The molecule has 0 aliphatic heterocycles. The zero-order chi connectivity index (χ0) is 9.14. The number of hydrogen-bond donors (Lipinski definition) is 2. The minimum absolute atomic E-state index is 0.0422. The Bertz CT molecular complexity index is 285. The molecule has 1 heterocycles. The van der Waals surface area contributed by atoms with Crippen molar-refractivity contribution in [3.63, 3.8) is 0 Å². The zero-order valence-electron chi connectivity index (χ0n) is 6.54. The Morgan fingerprint density at radius 1 is 1.92 bits per heavy atom. The first kappa shape index (κ1) is 9.25. The van der Waals surface area contributed by atoms with E-state index in [4.69, 9.17) is 5.11 Å². The maximum absolute atomic E-state index is 10.4. The molecule has 4 nitrogen and oxygen atoms in total. The van der Waals surface area contributed by atoms with Crippen molar-refractivity contribution in [3.05, 3.63) is 16.4 Å². The molecule has 5 heteroatoms. The number of carboxylic acids is 1. The molecule has 0 bridgehead atoms. The van der Waals surface area contributed by atoms with Gasteiger partial charge in [-0.3, -0.25) is 9.89 Å². The predicted octanol–water partition coefficient (Wildman–Crippen LogP) is 1.75. The molecule has 0 aliphatic carbocycles. The minimum Gasteiger partial charge on any atom is -0.481 e. The van der Waals surface area contributed by atoms with Gasteiger partial charge in [-0.2, -0.15) is 5.10 Å². The van der Waals surface area contributed by atoms with Gasteiger partial charge in [-0.25, -0.2) is 0 Å². The van der Waals surface area contributed by atoms with E-state index in [1.54, 1.807) is 6.20 Å². The zero-order valence-corrected chi connectivity index (χ0v) is 8.13. The smallest absolute Gasteiger partial charge is 0.304 e. The van der Waals surface area contributed by atoms with E-state index in [9.17, 15) is 4.79 Å². The fourth-order valence-corrected chi connectivity index (χ4v) is 1.57. The second-order valence-electron chi connectivity index (χ2n) is 2.63. The van der Waals surface area contributed by atoms with Gasteiger partial charge in [0.05, 0.1) is 22.8 Å². The summed E-state index contributed by atoms with van der Waals surface area (Å²) in [6.45, 7) is 1.84. The first-order valence-electron chi connectivity index (χ1n) is 3.52. The SMILES string of the molecule is CC(CC(=O)O)c1[nH]ncc1Br. The standard InChI is InChI=1S/C7H9BrN2O2/c1-4(2-6(11)12)7-5(8)3-9-10-7/h3-4H,2H2,1H3,(H,9,10)(H,11,12). The van der Waals surface area contributed by atoms with Crippen LogP contribution in [0.1, 0.15) is 25.0 Å². The van der Waals surface area contributed by atoms with E-state index >= 15 is 0 Å². The van der Waals surface area contributed by atoms with Crippen molar-refractivity contribution in [1.29, 1.82) is 0 Å². The lowest BCUT2D eigenvalue weighted by Crippen LogP contribution is -2.03. The van der Waals surface area contributed by atoms with Crippen LogP contribution in [0.25, 0.3) is 0 Å². The Morgan fingerprint density at radius 2 is 2.58 bits per heavy atom. The largest absolute Gasteiger partial charge is 0.481 e. The first-order chi connectivity index (χ1) is 5.61. The Balaban J connectivity index is 2.71. The summed E-state index contributed by atoms with van der Waals surface area (Å²) in [5, 5.41) is 15.1. The Kier molecular flexibility index (Phi) is 2.86. The summed E-state index contributed by atoms with van der Waals surface area (Å²) in [7, 11) is 0. The number of carbonyl (C=O) groups is 1. The number of carboxylic acid groups (broad SMARTS) is 1. The van der Waals surface area contributed by atoms with E-state index in [0.717, 1.165) is 10.2 Å². The maximum atomic E-state index is 10.4. The van der Waals surface area contributed by atoms with E-state index in [2.05, 4.69) is 26.1 Å². The van der Waals surface area contributed by atoms with Gasteiger partial charge in [0.1, 0.15) is 0 Å². The summed E-state index contributed by atoms with van der Waals surface area (Å²) in [6.07, 6.45) is 1.73. The van der Waals surface area contributed by atoms with Crippen molar-refractivity contribution in [2.24, 2.45) is 0 Å². The number of H-pyrrole nitrogens is 1. The van der Waals surface area contributed by atoms with Gasteiger partial charge in [0, 0.05) is 5.92 Å². The number of halogens is 1. The summed E-state index contributed by atoms with van der Waals surface area (Å²) in [4.78, 5) is 10.4. The summed E-state index contributed by atoms with van der Waals surface area (Å²) in [5.74, 6) is -0.844. The number of hydrogen-bond acceptors (Lipinski definition) is 2. The highest BCUT2D eigenvalue weighted by Gasteiger charge is 2.14. The topological polar surface area (TPSA) is 66.0 Å². The number of nitrogens with one attached hydrogen (secondary N) is 1. The fourth-order valence-electron chi connectivity index (χ4n) is 0.991.